The molecule has 1 N–H and O–H groups in total. The monoisotopic (exact) mass is 318 g/mol. The molecule has 0 bridgehead atoms. The zero-order valence-electron chi connectivity index (χ0n) is 13.5. The number of hydrogen-bond donors (Lipinski definition) is 1. The first-order valence-electron chi connectivity index (χ1n) is 7.84. The van der Waals surface area contributed by atoms with Gasteiger partial charge in [-0.1, -0.05) is 30.3 Å². The van der Waals surface area contributed by atoms with Crippen molar-refractivity contribution in [3.63, 3.8) is 0 Å². The summed E-state index contributed by atoms with van der Waals surface area (Å²) in [5.41, 5.74) is 0.167. The lowest BCUT2D eigenvalue weighted by atomic mass is 9.87. The van der Waals surface area contributed by atoms with E-state index in [4.69, 9.17) is 9.47 Å². The Hall–Kier alpha value is -1.92. The molecule has 6 heteroatoms. The maximum absolute atomic E-state index is 12.5. The number of ether oxygens (including phenoxy) is 2. The lowest BCUT2D eigenvalue weighted by Gasteiger charge is -2.39. The summed E-state index contributed by atoms with van der Waals surface area (Å²) in [5.74, 6) is -0.212. The number of methoxy groups -OCH3 is 1. The van der Waals surface area contributed by atoms with Crippen LogP contribution in [0.3, 0.4) is 0 Å². The van der Waals surface area contributed by atoms with Crippen LogP contribution < -0.4 is 5.32 Å². The number of amides is 3. The molecule has 0 spiro atoms. The summed E-state index contributed by atoms with van der Waals surface area (Å²) in [6, 6.07) is 9.55. The summed E-state index contributed by atoms with van der Waals surface area (Å²) in [6.07, 6.45) is 1.47. The number of benzene rings is 1. The maximum Gasteiger partial charge on any atom is 0.325 e. The highest BCUT2D eigenvalue weighted by Crippen LogP contribution is 2.33. The van der Waals surface area contributed by atoms with E-state index in [1.54, 1.807) is 6.92 Å². The first-order valence-corrected chi connectivity index (χ1v) is 7.84. The van der Waals surface area contributed by atoms with E-state index in [0.717, 1.165) is 5.56 Å². The predicted molar refractivity (Wildman–Crippen MR) is 83.7 cm³/mol. The van der Waals surface area contributed by atoms with Crippen molar-refractivity contribution in [2.45, 2.75) is 44.1 Å². The Balaban J connectivity index is 1.51. The van der Waals surface area contributed by atoms with Crippen molar-refractivity contribution in [1.82, 2.24) is 10.2 Å². The Morgan fingerprint density at radius 2 is 1.96 bits per heavy atom. The minimum absolute atomic E-state index is 0.0815. The summed E-state index contributed by atoms with van der Waals surface area (Å²) in [4.78, 5) is 25.9. The number of carbonyl (C=O) groups is 2. The first kappa shape index (κ1) is 16.0. The molecule has 1 aliphatic carbocycles. The van der Waals surface area contributed by atoms with Gasteiger partial charge in [-0.05, 0) is 25.3 Å². The van der Waals surface area contributed by atoms with Crippen molar-refractivity contribution in [2.24, 2.45) is 0 Å². The van der Waals surface area contributed by atoms with E-state index in [2.05, 4.69) is 5.32 Å². The normalized spacial score (nSPS) is 30.3. The van der Waals surface area contributed by atoms with Gasteiger partial charge in [0, 0.05) is 13.2 Å². The third-order valence-electron chi connectivity index (χ3n) is 4.49. The zero-order valence-corrected chi connectivity index (χ0v) is 13.5. The van der Waals surface area contributed by atoms with E-state index >= 15 is 0 Å². The molecule has 1 atom stereocenters. The second kappa shape index (κ2) is 6.29. The van der Waals surface area contributed by atoms with Crippen LogP contribution in [-0.2, 0) is 20.9 Å². The second-order valence-corrected chi connectivity index (χ2v) is 6.41. The Kier molecular flexibility index (Phi) is 4.37. The Morgan fingerprint density at radius 3 is 2.61 bits per heavy atom. The van der Waals surface area contributed by atoms with Crippen molar-refractivity contribution >= 4 is 11.9 Å². The summed E-state index contributed by atoms with van der Waals surface area (Å²) in [7, 11) is 1.52. The largest absolute Gasteiger partial charge is 0.382 e. The molecule has 6 nitrogen and oxygen atoms in total. The fourth-order valence-electron chi connectivity index (χ4n) is 3.10. The van der Waals surface area contributed by atoms with E-state index in [1.165, 1.54) is 12.0 Å². The van der Waals surface area contributed by atoms with Crippen LogP contribution in [0.25, 0.3) is 0 Å². The molecule has 1 saturated heterocycles. The van der Waals surface area contributed by atoms with Crippen LogP contribution in [-0.4, -0.2) is 48.2 Å². The topological polar surface area (TPSA) is 67.9 Å². The van der Waals surface area contributed by atoms with Crippen LogP contribution >= 0.6 is 0 Å². The second-order valence-electron chi connectivity index (χ2n) is 6.41. The Bertz CT molecular complexity index is 586. The standard InChI is InChI=1S/C17H22N2O4/c1-17(11-22-2)15(20)19(16(21)18-17)13-8-14(9-13)23-10-12-6-4-3-5-7-12/h3-7,13-14H,8-11H2,1-2H3,(H,18,21). The van der Waals surface area contributed by atoms with E-state index in [9.17, 15) is 9.59 Å². The molecule has 0 radical (unpaired) electrons. The molecule has 1 aromatic carbocycles. The fourth-order valence-corrected chi connectivity index (χ4v) is 3.10. The van der Waals surface area contributed by atoms with Crippen LogP contribution in [0.4, 0.5) is 4.79 Å². The highest BCUT2D eigenvalue weighted by Gasteiger charge is 2.52. The lowest BCUT2D eigenvalue weighted by Crippen LogP contribution is -2.53. The minimum atomic E-state index is -0.957. The maximum atomic E-state index is 12.5. The van der Waals surface area contributed by atoms with Gasteiger partial charge in [-0.15, -0.1) is 0 Å². The van der Waals surface area contributed by atoms with Gasteiger partial charge < -0.3 is 14.8 Å². The summed E-state index contributed by atoms with van der Waals surface area (Å²) < 4.78 is 10.9. The van der Waals surface area contributed by atoms with E-state index in [1.807, 2.05) is 30.3 Å². The number of carbonyl (C=O) groups excluding carboxylic acids is 2. The Labute approximate surface area is 135 Å². The smallest absolute Gasteiger partial charge is 0.325 e. The molecule has 1 saturated carbocycles. The third kappa shape index (κ3) is 3.09. The molecular formula is C17H22N2O4. The van der Waals surface area contributed by atoms with Gasteiger partial charge in [-0.3, -0.25) is 9.69 Å². The predicted octanol–water partition coefficient (Wildman–Crippen LogP) is 1.69. The van der Waals surface area contributed by atoms with Crippen molar-refractivity contribution in [1.29, 1.82) is 0 Å². The highest BCUT2D eigenvalue weighted by molar-refractivity contribution is 6.07. The number of nitrogens with zero attached hydrogens (tertiary/aromatic N) is 1. The lowest BCUT2D eigenvalue weighted by molar-refractivity contribution is -0.138. The van der Waals surface area contributed by atoms with Gasteiger partial charge >= 0.3 is 6.03 Å². The van der Waals surface area contributed by atoms with Crippen LogP contribution in [0.2, 0.25) is 0 Å². The average molecular weight is 318 g/mol. The molecule has 124 valence electrons. The van der Waals surface area contributed by atoms with E-state index < -0.39 is 5.54 Å². The van der Waals surface area contributed by atoms with Gasteiger partial charge in [0.2, 0.25) is 0 Å². The number of imide groups is 1. The van der Waals surface area contributed by atoms with Crippen molar-refractivity contribution in [3.05, 3.63) is 35.9 Å². The quantitative estimate of drug-likeness (QED) is 0.811. The van der Waals surface area contributed by atoms with Crippen molar-refractivity contribution in [3.8, 4) is 0 Å². The minimum Gasteiger partial charge on any atom is -0.382 e. The summed E-state index contributed by atoms with van der Waals surface area (Å²) in [6.45, 7) is 2.42. The van der Waals surface area contributed by atoms with Crippen LogP contribution in [0.1, 0.15) is 25.3 Å². The molecule has 2 fully saturated rings. The first-order chi connectivity index (χ1) is 11.0. The number of rotatable bonds is 6. The fraction of sp³-hybridized carbons (Fsp3) is 0.529. The molecule has 1 unspecified atom stereocenters. The molecule has 23 heavy (non-hydrogen) atoms. The SMILES string of the molecule is COCC1(C)NC(=O)N(C2CC(OCc3ccccc3)C2)C1=O. The molecular weight excluding hydrogens is 296 g/mol. The van der Waals surface area contributed by atoms with Crippen LogP contribution in [0.15, 0.2) is 30.3 Å². The number of urea groups is 1. The van der Waals surface area contributed by atoms with Gasteiger partial charge in [-0.2, -0.15) is 0 Å². The summed E-state index contributed by atoms with van der Waals surface area (Å²) in [5, 5.41) is 2.72. The van der Waals surface area contributed by atoms with Gasteiger partial charge in [0.15, 0.2) is 0 Å². The molecule has 1 heterocycles. The van der Waals surface area contributed by atoms with Crippen LogP contribution in [0, 0.1) is 0 Å². The van der Waals surface area contributed by atoms with E-state index in [0.29, 0.717) is 19.4 Å². The molecule has 1 aliphatic heterocycles. The molecule has 0 aromatic heterocycles. The van der Waals surface area contributed by atoms with Crippen molar-refractivity contribution < 1.29 is 19.1 Å². The number of hydrogen-bond acceptors (Lipinski definition) is 4. The summed E-state index contributed by atoms with van der Waals surface area (Å²) >= 11 is 0. The van der Waals surface area contributed by atoms with E-state index in [-0.39, 0.29) is 30.7 Å². The highest BCUT2D eigenvalue weighted by atomic mass is 16.5. The van der Waals surface area contributed by atoms with Gasteiger partial charge in [0.25, 0.3) is 5.91 Å². The third-order valence-corrected chi connectivity index (χ3v) is 4.49. The van der Waals surface area contributed by atoms with Crippen LogP contribution in [0.5, 0.6) is 0 Å². The molecule has 2 aliphatic rings. The molecule has 3 rings (SSSR count). The van der Waals surface area contributed by atoms with Crippen molar-refractivity contribution in [2.75, 3.05) is 13.7 Å². The zero-order chi connectivity index (χ0) is 16.4. The number of nitrogens with one attached hydrogen (secondary N) is 1. The Morgan fingerprint density at radius 1 is 1.26 bits per heavy atom. The average Bonchev–Trinajstić information content (AvgIpc) is 2.70. The van der Waals surface area contributed by atoms with Gasteiger partial charge in [-0.25, -0.2) is 4.79 Å². The van der Waals surface area contributed by atoms with Gasteiger partial charge in [0.05, 0.1) is 19.3 Å². The molecule has 1 aromatic rings. The molecule has 3 amide bonds. The van der Waals surface area contributed by atoms with Gasteiger partial charge in [0.1, 0.15) is 5.54 Å².